The lowest BCUT2D eigenvalue weighted by Gasteiger charge is -2.55. The summed E-state index contributed by atoms with van der Waals surface area (Å²) in [5, 5.41) is 0. The van der Waals surface area contributed by atoms with Crippen LogP contribution in [0.1, 0.15) is 214 Å². The van der Waals surface area contributed by atoms with Gasteiger partial charge in [0.15, 0.2) is 0 Å². The van der Waals surface area contributed by atoms with E-state index in [0.717, 1.165) is 77.7 Å². The molecule has 7 rings (SSSR count). The zero-order chi connectivity index (χ0) is 34.0. The van der Waals surface area contributed by atoms with Gasteiger partial charge in [-0.05, 0) is 201 Å². The van der Waals surface area contributed by atoms with Crippen LogP contribution in [0.15, 0.2) is 0 Å². The van der Waals surface area contributed by atoms with Crippen LogP contribution in [0.4, 0.5) is 0 Å². The normalized spacial score (nSPS) is 44.6. The minimum Gasteiger partial charge on any atom is -0.294 e. The van der Waals surface area contributed by atoms with Crippen molar-refractivity contribution in [3.63, 3.8) is 0 Å². The first-order valence-corrected chi connectivity index (χ1v) is 23.3. The zero-order valence-electron chi connectivity index (χ0n) is 33.7. The molecule has 2 unspecified atom stereocenters. The Bertz CT molecular complexity index is 936. The fourth-order valence-corrected chi connectivity index (χ4v) is 14.7. The largest absolute Gasteiger partial charge is 0.294 e. The van der Waals surface area contributed by atoms with Crippen molar-refractivity contribution in [3.05, 3.63) is 0 Å². The van der Waals surface area contributed by atoms with Crippen molar-refractivity contribution < 1.29 is 0 Å². The van der Waals surface area contributed by atoms with Crippen LogP contribution in [-0.4, -0.2) is 46.1 Å². The van der Waals surface area contributed by atoms with Gasteiger partial charge in [-0.25, -0.2) is 0 Å². The van der Waals surface area contributed by atoms with Crippen molar-refractivity contribution in [1.29, 1.82) is 0 Å². The molecule has 7 aliphatic rings. The zero-order valence-corrected chi connectivity index (χ0v) is 33.7. The summed E-state index contributed by atoms with van der Waals surface area (Å²) in [5.74, 6) is 6.86. The highest BCUT2D eigenvalue weighted by Crippen LogP contribution is 2.56. The first-order chi connectivity index (χ1) is 23.8. The number of rotatable bonds is 8. The van der Waals surface area contributed by atoms with Crippen molar-refractivity contribution in [2.75, 3.05) is 0 Å². The number of hydrogen-bond acceptors (Lipinski definition) is 2. The van der Waals surface area contributed by atoms with Crippen molar-refractivity contribution in [1.82, 2.24) is 9.80 Å². The maximum atomic E-state index is 3.23. The second-order valence-corrected chi connectivity index (χ2v) is 21.0. The Kier molecular flexibility index (Phi) is 12.9. The highest BCUT2D eigenvalue weighted by Gasteiger charge is 2.49. The van der Waals surface area contributed by atoms with Crippen LogP contribution in [-0.2, 0) is 0 Å². The molecule has 2 nitrogen and oxygen atoms in total. The summed E-state index contributed by atoms with van der Waals surface area (Å²) in [5.41, 5.74) is 0.536. The fourth-order valence-electron chi connectivity index (χ4n) is 14.7. The molecule has 0 saturated heterocycles. The monoisotopic (exact) mass is 677 g/mol. The van der Waals surface area contributed by atoms with Crippen LogP contribution >= 0.6 is 0 Å². The quantitative estimate of drug-likeness (QED) is 0.252. The van der Waals surface area contributed by atoms with Crippen LogP contribution < -0.4 is 0 Å². The highest BCUT2D eigenvalue weighted by atomic mass is 15.2. The van der Waals surface area contributed by atoms with E-state index in [1.807, 2.05) is 0 Å². The summed E-state index contributed by atoms with van der Waals surface area (Å²) in [4.78, 5) is 6.45. The van der Waals surface area contributed by atoms with Gasteiger partial charge >= 0.3 is 0 Å². The molecule has 7 saturated carbocycles. The van der Waals surface area contributed by atoms with E-state index in [1.54, 1.807) is 12.8 Å². The number of hydrogen-bond donors (Lipinski definition) is 0. The van der Waals surface area contributed by atoms with Crippen molar-refractivity contribution >= 4 is 0 Å². The third-order valence-electron chi connectivity index (χ3n) is 17.6. The van der Waals surface area contributed by atoms with Gasteiger partial charge in [0.1, 0.15) is 0 Å². The van der Waals surface area contributed by atoms with Crippen LogP contribution in [0.5, 0.6) is 0 Å². The smallest absolute Gasteiger partial charge is 0.0101 e. The summed E-state index contributed by atoms with van der Waals surface area (Å²) < 4.78 is 0. The maximum Gasteiger partial charge on any atom is 0.0101 e. The van der Waals surface area contributed by atoms with Crippen molar-refractivity contribution in [2.45, 2.75) is 251 Å². The molecule has 0 bridgehead atoms. The maximum absolute atomic E-state index is 3.23. The van der Waals surface area contributed by atoms with E-state index in [1.165, 1.54) is 167 Å². The molecule has 0 N–H and O–H groups in total. The molecule has 0 heterocycles. The van der Waals surface area contributed by atoms with Crippen LogP contribution in [0, 0.1) is 46.8 Å². The van der Waals surface area contributed by atoms with E-state index in [2.05, 4.69) is 44.4 Å². The van der Waals surface area contributed by atoms with Gasteiger partial charge in [-0.15, -0.1) is 0 Å². The van der Waals surface area contributed by atoms with Gasteiger partial charge in [-0.1, -0.05) is 60.3 Å². The first-order valence-electron chi connectivity index (χ1n) is 23.3. The number of nitrogens with zero attached hydrogens (tertiary/aromatic N) is 2. The molecule has 282 valence electrons. The third kappa shape index (κ3) is 8.68. The Morgan fingerprint density at radius 3 is 0.918 bits per heavy atom. The van der Waals surface area contributed by atoms with Gasteiger partial charge in [0.05, 0.1) is 0 Å². The standard InChI is InChI=1S/C47H84N2/c1-34-14-24-40(25-15-34)48(39-10-7-6-8-11-39)43-30-20-37(21-31-43)45-12-9-13-46(47(45,4)5)38-22-32-44(33-23-38)49(41-26-16-35(2)17-27-41)42-28-18-36(3)19-29-42/h34-46H,6-33H2,1-5H3. The molecule has 0 radical (unpaired) electrons. The van der Waals surface area contributed by atoms with Gasteiger partial charge in [0.2, 0.25) is 0 Å². The lowest BCUT2D eigenvalue weighted by Crippen LogP contribution is -2.54. The lowest BCUT2D eigenvalue weighted by molar-refractivity contribution is -0.0539. The molecule has 0 amide bonds. The van der Waals surface area contributed by atoms with E-state index in [0.29, 0.717) is 5.41 Å². The van der Waals surface area contributed by atoms with Gasteiger partial charge in [-0.3, -0.25) is 9.80 Å². The molecular formula is C47H84N2. The second-order valence-electron chi connectivity index (χ2n) is 21.0. The molecule has 2 heteroatoms. The summed E-state index contributed by atoms with van der Waals surface area (Å²) in [6.07, 6.45) is 42.2. The van der Waals surface area contributed by atoms with E-state index < -0.39 is 0 Å². The molecule has 2 atom stereocenters. The van der Waals surface area contributed by atoms with Gasteiger partial charge in [-0.2, -0.15) is 0 Å². The predicted molar refractivity (Wildman–Crippen MR) is 211 cm³/mol. The Hall–Kier alpha value is -0.0800. The molecule has 7 aliphatic carbocycles. The molecule has 0 spiro atoms. The fraction of sp³-hybridized carbons (Fsp3) is 1.00. The van der Waals surface area contributed by atoms with Gasteiger partial charge < -0.3 is 0 Å². The van der Waals surface area contributed by atoms with Crippen molar-refractivity contribution in [2.24, 2.45) is 46.8 Å². The molecule has 0 aromatic carbocycles. The van der Waals surface area contributed by atoms with Crippen LogP contribution in [0.3, 0.4) is 0 Å². The Balaban J connectivity index is 0.960. The van der Waals surface area contributed by atoms with E-state index in [9.17, 15) is 0 Å². The van der Waals surface area contributed by atoms with Gasteiger partial charge in [0, 0.05) is 36.3 Å². The Morgan fingerprint density at radius 2 is 0.592 bits per heavy atom. The molecule has 0 aromatic heterocycles. The SMILES string of the molecule is CC1CCC(N(C2CCCCC2)C2CCC(C3CCCC(C4CCC(N(C5CCC(C)CC5)C5CCC(C)CC5)CC4)C3(C)C)CC2)CC1. The Morgan fingerprint density at radius 1 is 0.306 bits per heavy atom. The average molecular weight is 677 g/mol. The third-order valence-corrected chi connectivity index (χ3v) is 17.6. The van der Waals surface area contributed by atoms with Crippen molar-refractivity contribution in [3.8, 4) is 0 Å². The average Bonchev–Trinajstić information content (AvgIpc) is 3.12. The Labute approximate surface area is 306 Å². The minimum absolute atomic E-state index is 0.536. The summed E-state index contributed by atoms with van der Waals surface area (Å²) in [6.45, 7) is 13.1. The van der Waals surface area contributed by atoms with E-state index in [-0.39, 0.29) is 0 Å². The topological polar surface area (TPSA) is 6.48 Å². The summed E-state index contributed by atoms with van der Waals surface area (Å²) >= 11 is 0. The predicted octanol–water partition coefficient (Wildman–Crippen LogP) is 13.2. The molecule has 7 fully saturated rings. The van der Waals surface area contributed by atoms with Crippen LogP contribution in [0.25, 0.3) is 0 Å². The first kappa shape index (κ1) is 37.2. The molecule has 0 aliphatic heterocycles. The highest BCUT2D eigenvalue weighted by molar-refractivity contribution is 5.00. The summed E-state index contributed by atoms with van der Waals surface area (Å²) in [7, 11) is 0. The van der Waals surface area contributed by atoms with E-state index in [4.69, 9.17) is 0 Å². The summed E-state index contributed by atoms with van der Waals surface area (Å²) in [6, 6.07) is 5.42. The lowest BCUT2D eigenvalue weighted by atomic mass is 9.52. The molecule has 0 aromatic rings. The van der Waals surface area contributed by atoms with Crippen LogP contribution in [0.2, 0.25) is 0 Å². The van der Waals surface area contributed by atoms with E-state index >= 15 is 0 Å². The minimum atomic E-state index is 0.536. The molecular weight excluding hydrogens is 593 g/mol. The second kappa shape index (κ2) is 16.9. The molecule has 49 heavy (non-hydrogen) atoms. The van der Waals surface area contributed by atoms with Gasteiger partial charge in [0.25, 0.3) is 0 Å².